The van der Waals surface area contributed by atoms with Crippen LogP contribution in [-0.4, -0.2) is 33.3 Å². The summed E-state index contributed by atoms with van der Waals surface area (Å²) >= 11 is 0. The summed E-state index contributed by atoms with van der Waals surface area (Å²) in [7, 11) is 0. The topological polar surface area (TPSA) is 84.2 Å². The molecule has 1 aromatic heterocycles. The maximum absolute atomic E-state index is 11.6. The van der Waals surface area contributed by atoms with Gasteiger partial charge in [-0.2, -0.15) is 5.10 Å². The van der Waals surface area contributed by atoms with E-state index in [2.05, 4.69) is 10.4 Å². The first-order valence-electron chi connectivity index (χ1n) is 6.35. The molecule has 1 heterocycles. The van der Waals surface area contributed by atoms with Crippen LogP contribution in [0.5, 0.6) is 0 Å². The lowest BCUT2D eigenvalue weighted by molar-refractivity contribution is -0.137. The molecule has 0 saturated heterocycles. The van der Waals surface area contributed by atoms with Gasteiger partial charge in [-0.3, -0.25) is 14.3 Å². The van der Waals surface area contributed by atoms with Gasteiger partial charge < -0.3 is 10.4 Å². The van der Waals surface area contributed by atoms with E-state index < -0.39 is 5.97 Å². The molecule has 0 aliphatic carbocycles. The molecule has 0 aliphatic heterocycles. The molecule has 19 heavy (non-hydrogen) atoms. The number of hydrogen-bond donors (Lipinski definition) is 2. The van der Waals surface area contributed by atoms with Crippen molar-refractivity contribution in [2.24, 2.45) is 5.41 Å². The zero-order chi connectivity index (χ0) is 14.3. The third-order valence-electron chi connectivity index (χ3n) is 3.00. The Balaban J connectivity index is 2.21. The number of nitrogens with zero attached hydrogens (tertiary/aromatic N) is 2. The fourth-order valence-electron chi connectivity index (χ4n) is 1.71. The van der Waals surface area contributed by atoms with E-state index in [4.69, 9.17) is 5.11 Å². The first kappa shape index (κ1) is 15.2. The summed E-state index contributed by atoms with van der Waals surface area (Å²) in [5.74, 6) is -0.867. The van der Waals surface area contributed by atoms with Crippen molar-refractivity contribution >= 4 is 11.9 Å². The van der Waals surface area contributed by atoms with Crippen LogP contribution in [0.2, 0.25) is 0 Å². The Bertz CT molecular complexity index is 413. The molecule has 0 spiro atoms. The highest BCUT2D eigenvalue weighted by Gasteiger charge is 2.19. The van der Waals surface area contributed by atoms with Crippen molar-refractivity contribution in [2.75, 3.05) is 6.54 Å². The number of hydrogen-bond acceptors (Lipinski definition) is 3. The number of aromatic nitrogens is 2. The lowest BCUT2D eigenvalue weighted by atomic mass is 9.84. The largest absolute Gasteiger partial charge is 0.481 e. The fourth-order valence-corrected chi connectivity index (χ4v) is 1.71. The Kier molecular flexibility index (Phi) is 5.54. The minimum atomic E-state index is -0.782. The first-order valence-corrected chi connectivity index (χ1v) is 6.35. The predicted molar refractivity (Wildman–Crippen MR) is 70.5 cm³/mol. The van der Waals surface area contributed by atoms with Crippen molar-refractivity contribution in [3.8, 4) is 0 Å². The minimum absolute atomic E-state index is 0.0854. The molecule has 0 aromatic carbocycles. The number of carbonyl (C=O) groups excluding carboxylic acids is 1. The van der Waals surface area contributed by atoms with Gasteiger partial charge >= 0.3 is 5.97 Å². The zero-order valence-corrected chi connectivity index (χ0v) is 11.4. The van der Waals surface area contributed by atoms with Gasteiger partial charge in [0.1, 0.15) is 6.54 Å². The van der Waals surface area contributed by atoms with E-state index in [1.54, 1.807) is 23.1 Å². The van der Waals surface area contributed by atoms with Gasteiger partial charge in [0.2, 0.25) is 5.91 Å². The van der Waals surface area contributed by atoms with Gasteiger partial charge in [-0.05, 0) is 24.3 Å². The number of amides is 1. The Labute approximate surface area is 112 Å². The number of aliphatic carboxylic acids is 1. The standard InChI is InChI=1S/C13H21N3O3/c1-13(2,5-4-12(18)19)6-8-14-11(17)10-16-9-3-7-15-16/h3,7,9H,4-6,8,10H2,1-2H3,(H,14,17)(H,18,19). The van der Waals surface area contributed by atoms with E-state index in [0.717, 1.165) is 6.42 Å². The van der Waals surface area contributed by atoms with Crippen molar-refractivity contribution in [1.82, 2.24) is 15.1 Å². The van der Waals surface area contributed by atoms with Gasteiger partial charge in [0.05, 0.1) is 0 Å². The molecule has 0 atom stereocenters. The summed E-state index contributed by atoms with van der Waals surface area (Å²) < 4.78 is 1.56. The van der Waals surface area contributed by atoms with Crippen LogP contribution in [0.25, 0.3) is 0 Å². The molecular weight excluding hydrogens is 246 g/mol. The highest BCUT2D eigenvalue weighted by Crippen LogP contribution is 2.25. The molecule has 0 bridgehead atoms. The third-order valence-corrected chi connectivity index (χ3v) is 3.00. The van der Waals surface area contributed by atoms with Gasteiger partial charge in [0, 0.05) is 25.4 Å². The average molecular weight is 267 g/mol. The molecule has 1 amide bonds. The van der Waals surface area contributed by atoms with Crippen LogP contribution in [0.1, 0.15) is 33.1 Å². The quantitative estimate of drug-likeness (QED) is 0.743. The van der Waals surface area contributed by atoms with Crippen LogP contribution in [0.3, 0.4) is 0 Å². The number of rotatable bonds is 8. The molecule has 6 heteroatoms. The molecule has 0 aliphatic rings. The summed E-state index contributed by atoms with van der Waals surface area (Å²) in [6.07, 6.45) is 4.88. The van der Waals surface area contributed by atoms with Crippen LogP contribution in [0.4, 0.5) is 0 Å². The fraction of sp³-hybridized carbons (Fsp3) is 0.615. The summed E-state index contributed by atoms with van der Waals surface area (Å²) in [5.41, 5.74) is -0.0859. The Hall–Kier alpha value is -1.85. The summed E-state index contributed by atoms with van der Waals surface area (Å²) in [4.78, 5) is 22.1. The highest BCUT2D eigenvalue weighted by molar-refractivity contribution is 5.75. The van der Waals surface area contributed by atoms with Crippen LogP contribution < -0.4 is 5.32 Å². The number of carbonyl (C=O) groups is 2. The van der Waals surface area contributed by atoms with E-state index in [1.807, 2.05) is 13.8 Å². The maximum atomic E-state index is 11.6. The molecule has 1 aromatic rings. The Morgan fingerprint density at radius 3 is 2.68 bits per heavy atom. The second-order valence-electron chi connectivity index (χ2n) is 5.36. The molecular formula is C13H21N3O3. The maximum Gasteiger partial charge on any atom is 0.303 e. The molecule has 0 unspecified atom stereocenters. The van der Waals surface area contributed by atoms with Gasteiger partial charge in [0.25, 0.3) is 0 Å². The van der Waals surface area contributed by atoms with Crippen LogP contribution in [0, 0.1) is 5.41 Å². The smallest absolute Gasteiger partial charge is 0.303 e. The number of carboxylic acids is 1. The van der Waals surface area contributed by atoms with Gasteiger partial charge in [0.15, 0.2) is 0 Å². The second-order valence-corrected chi connectivity index (χ2v) is 5.36. The second kappa shape index (κ2) is 6.92. The van der Waals surface area contributed by atoms with E-state index in [-0.39, 0.29) is 24.3 Å². The predicted octanol–water partition coefficient (Wildman–Crippen LogP) is 1.28. The monoisotopic (exact) mass is 267 g/mol. The molecule has 0 fully saturated rings. The number of carboxylic acid groups (broad SMARTS) is 1. The van der Waals surface area contributed by atoms with Crippen molar-refractivity contribution in [2.45, 2.75) is 39.7 Å². The molecule has 2 N–H and O–H groups in total. The molecule has 0 saturated carbocycles. The van der Waals surface area contributed by atoms with Crippen molar-refractivity contribution in [3.05, 3.63) is 18.5 Å². The van der Waals surface area contributed by atoms with E-state index in [0.29, 0.717) is 13.0 Å². The van der Waals surface area contributed by atoms with E-state index >= 15 is 0 Å². The van der Waals surface area contributed by atoms with Crippen molar-refractivity contribution in [3.63, 3.8) is 0 Å². The van der Waals surface area contributed by atoms with Crippen molar-refractivity contribution in [1.29, 1.82) is 0 Å². The lowest BCUT2D eigenvalue weighted by Gasteiger charge is -2.23. The van der Waals surface area contributed by atoms with E-state index in [9.17, 15) is 9.59 Å². The molecule has 1 rings (SSSR count). The summed E-state index contributed by atoms with van der Waals surface area (Å²) in [6.45, 7) is 4.78. The average Bonchev–Trinajstić information content (AvgIpc) is 2.79. The van der Waals surface area contributed by atoms with Gasteiger partial charge in [-0.25, -0.2) is 0 Å². The Morgan fingerprint density at radius 2 is 2.11 bits per heavy atom. The van der Waals surface area contributed by atoms with Crippen LogP contribution in [0.15, 0.2) is 18.5 Å². The summed E-state index contributed by atoms with van der Waals surface area (Å²) in [6, 6.07) is 1.77. The highest BCUT2D eigenvalue weighted by atomic mass is 16.4. The zero-order valence-electron chi connectivity index (χ0n) is 11.4. The van der Waals surface area contributed by atoms with Crippen LogP contribution >= 0.6 is 0 Å². The SMILES string of the molecule is CC(C)(CCNC(=O)Cn1cccn1)CCC(=O)O. The third kappa shape index (κ3) is 6.59. The number of nitrogens with one attached hydrogen (secondary N) is 1. The van der Waals surface area contributed by atoms with Crippen molar-refractivity contribution < 1.29 is 14.7 Å². The minimum Gasteiger partial charge on any atom is -0.481 e. The molecule has 106 valence electrons. The molecule has 0 radical (unpaired) electrons. The first-order chi connectivity index (χ1) is 8.89. The lowest BCUT2D eigenvalue weighted by Crippen LogP contribution is -2.31. The van der Waals surface area contributed by atoms with Gasteiger partial charge in [-0.1, -0.05) is 13.8 Å². The van der Waals surface area contributed by atoms with E-state index in [1.165, 1.54) is 0 Å². The molecule has 6 nitrogen and oxygen atoms in total. The summed E-state index contributed by atoms with van der Waals surface area (Å²) in [5, 5.41) is 15.4. The normalized spacial score (nSPS) is 11.3. The Morgan fingerprint density at radius 1 is 1.37 bits per heavy atom. The van der Waals surface area contributed by atoms with Crippen LogP contribution in [-0.2, 0) is 16.1 Å². The van der Waals surface area contributed by atoms with Gasteiger partial charge in [-0.15, -0.1) is 0 Å².